The first-order chi connectivity index (χ1) is 7.08. The number of rotatable bonds is 2. The highest BCUT2D eigenvalue weighted by Crippen LogP contribution is 2.30. The van der Waals surface area contributed by atoms with E-state index in [-0.39, 0.29) is 0 Å². The molecular formula is C12H16N2S. The van der Waals surface area contributed by atoms with Crippen molar-refractivity contribution in [3.8, 4) is 0 Å². The minimum atomic E-state index is 0.581. The van der Waals surface area contributed by atoms with Crippen molar-refractivity contribution < 1.29 is 0 Å². The Morgan fingerprint density at radius 2 is 2.00 bits per heavy atom. The maximum Gasteiger partial charge on any atom is 0.181 e. The minimum Gasteiger partial charge on any atom is -0.375 e. The first kappa shape index (κ1) is 10.4. The van der Waals surface area contributed by atoms with E-state index < -0.39 is 0 Å². The highest BCUT2D eigenvalue weighted by molar-refractivity contribution is 7.22. The van der Waals surface area contributed by atoms with Crippen LogP contribution in [0.2, 0.25) is 0 Å². The molecule has 2 N–H and O–H groups in total. The summed E-state index contributed by atoms with van der Waals surface area (Å²) in [6, 6.07) is 6.44. The maximum atomic E-state index is 5.68. The van der Waals surface area contributed by atoms with Crippen molar-refractivity contribution in [1.82, 2.24) is 4.98 Å². The van der Waals surface area contributed by atoms with Crippen LogP contribution in [0.4, 0.5) is 5.13 Å². The fourth-order valence-electron chi connectivity index (χ4n) is 1.63. The van der Waals surface area contributed by atoms with Gasteiger partial charge in [0.15, 0.2) is 5.13 Å². The van der Waals surface area contributed by atoms with Crippen LogP contribution in [0.15, 0.2) is 18.2 Å². The van der Waals surface area contributed by atoms with Gasteiger partial charge in [-0.1, -0.05) is 38.2 Å². The first-order valence-electron chi connectivity index (χ1n) is 5.24. The standard InChI is InChI=1S/C12H16N2S/c1-7(2)8(3)9-4-5-10-11(6-9)15-12(13)14-10/h4-8H,1-3H3,(H2,13,14). The predicted octanol–water partition coefficient (Wildman–Crippen LogP) is 3.64. The van der Waals surface area contributed by atoms with Gasteiger partial charge in [0, 0.05) is 0 Å². The second-order valence-corrected chi connectivity index (χ2v) is 5.37. The van der Waals surface area contributed by atoms with Crippen LogP contribution in [0.5, 0.6) is 0 Å². The lowest BCUT2D eigenvalue weighted by molar-refractivity contribution is 0.535. The van der Waals surface area contributed by atoms with Gasteiger partial charge in [-0.25, -0.2) is 4.98 Å². The van der Waals surface area contributed by atoms with E-state index in [1.54, 1.807) is 11.3 Å². The molecule has 1 heterocycles. The van der Waals surface area contributed by atoms with Crippen LogP contribution in [0, 0.1) is 5.92 Å². The lowest BCUT2D eigenvalue weighted by atomic mass is 9.90. The Bertz CT molecular complexity index is 473. The van der Waals surface area contributed by atoms with Crippen LogP contribution >= 0.6 is 11.3 Å². The fraction of sp³-hybridized carbons (Fsp3) is 0.417. The summed E-state index contributed by atoms with van der Waals surface area (Å²) in [6.07, 6.45) is 0. The molecule has 0 aliphatic carbocycles. The van der Waals surface area contributed by atoms with Crippen LogP contribution in [-0.2, 0) is 0 Å². The molecule has 0 amide bonds. The SMILES string of the molecule is CC(C)C(C)c1ccc2nc(N)sc2c1. The van der Waals surface area contributed by atoms with Crippen LogP contribution in [0.25, 0.3) is 10.2 Å². The van der Waals surface area contributed by atoms with Gasteiger partial charge < -0.3 is 5.73 Å². The van der Waals surface area contributed by atoms with Gasteiger partial charge in [0.1, 0.15) is 0 Å². The second-order valence-electron chi connectivity index (χ2n) is 4.31. The highest BCUT2D eigenvalue weighted by Gasteiger charge is 2.11. The highest BCUT2D eigenvalue weighted by atomic mass is 32.1. The fourth-order valence-corrected chi connectivity index (χ4v) is 2.41. The third-order valence-corrected chi connectivity index (χ3v) is 3.80. The molecule has 0 aliphatic heterocycles. The molecule has 0 spiro atoms. The Morgan fingerprint density at radius 3 is 2.67 bits per heavy atom. The van der Waals surface area contributed by atoms with Gasteiger partial charge in [-0.15, -0.1) is 0 Å². The molecule has 15 heavy (non-hydrogen) atoms. The summed E-state index contributed by atoms with van der Waals surface area (Å²) in [6.45, 7) is 6.75. The average Bonchev–Trinajstić information content (AvgIpc) is 2.55. The quantitative estimate of drug-likeness (QED) is 0.839. The summed E-state index contributed by atoms with van der Waals surface area (Å²) in [4.78, 5) is 4.25. The first-order valence-corrected chi connectivity index (χ1v) is 6.05. The Morgan fingerprint density at radius 1 is 1.27 bits per heavy atom. The number of thiazole rings is 1. The van der Waals surface area contributed by atoms with Crippen molar-refractivity contribution in [2.45, 2.75) is 26.7 Å². The number of aromatic nitrogens is 1. The summed E-state index contributed by atoms with van der Waals surface area (Å²) in [7, 11) is 0. The van der Waals surface area contributed by atoms with Crippen LogP contribution in [0.3, 0.4) is 0 Å². The molecule has 2 nitrogen and oxygen atoms in total. The Hall–Kier alpha value is -1.09. The number of anilines is 1. The van der Waals surface area contributed by atoms with Crippen molar-refractivity contribution >= 4 is 26.7 Å². The van der Waals surface area contributed by atoms with E-state index in [1.807, 2.05) is 0 Å². The number of benzene rings is 1. The minimum absolute atomic E-state index is 0.581. The zero-order chi connectivity index (χ0) is 11.0. The van der Waals surface area contributed by atoms with Crippen molar-refractivity contribution in [1.29, 1.82) is 0 Å². The van der Waals surface area contributed by atoms with Crippen LogP contribution in [0.1, 0.15) is 32.3 Å². The number of nitrogens with zero attached hydrogens (tertiary/aromatic N) is 1. The molecule has 80 valence electrons. The molecule has 0 aliphatic rings. The van der Waals surface area contributed by atoms with Crippen molar-refractivity contribution in [3.63, 3.8) is 0 Å². The molecule has 1 atom stereocenters. The molecule has 1 aromatic carbocycles. The van der Waals surface area contributed by atoms with E-state index in [4.69, 9.17) is 5.73 Å². The number of nitrogens with two attached hydrogens (primary N) is 1. The van der Waals surface area contributed by atoms with E-state index >= 15 is 0 Å². The van der Waals surface area contributed by atoms with Crippen LogP contribution < -0.4 is 5.73 Å². The van der Waals surface area contributed by atoms with Gasteiger partial charge >= 0.3 is 0 Å². The number of hydrogen-bond acceptors (Lipinski definition) is 3. The Kier molecular flexibility index (Phi) is 2.65. The van der Waals surface area contributed by atoms with E-state index in [0.717, 1.165) is 5.52 Å². The second kappa shape index (κ2) is 3.81. The summed E-state index contributed by atoms with van der Waals surface area (Å²) in [5, 5.41) is 0.652. The third kappa shape index (κ3) is 1.97. The van der Waals surface area contributed by atoms with Gasteiger partial charge in [0.05, 0.1) is 10.2 Å². The van der Waals surface area contributed by atoms with E-state index in [1.165, 1.54) is 10.3 Å². The summed E-state index contributed by atoms with van der Waals surface area (Å²) in [5.41, 5.74) is 8.07. The van der Waals surface area contributed by atoms with Crippen molar-refractivity contribution in [3.05, 3.63) is 23.8 Å². The van der Waals surface area contributed by atoms with Gasteiger partial charge in [0.2, 0.25) is 0 Å². The van der Waals surface area contributed by atoms with E-state index in [9.17, 15) is 0 Å². The lowest BCUT2D eigenvalue weighted by Gasteiger charge is -2.15. The average molecular weight is 220 g/mol. The third-order valence-electron chi connectivity index (χ3n) is 2.95. The van der Waals surface area contributed by atoms with Gasteiger partial charge in [0.25, 0.3) is 0 Å². The molecule has 0 saturated heterocycles. The molecule has 1 unspecified atom stereocenters. The summed E-state index contributed by atoms with van der Waals surface area (Å²) >= 11 is 1.56. The predicted molar refractivity (Wildman–Crippen MR) is 67.3 cm³/mol. The van der Waals surface area contributed by atoms with Crippen LogP contribution in [-0.4, -0.2) is 4.98 Å². The zero-order valence-electron chi connectivity index (χ0n) is 9.32. The molecule has 3 heteroatoms. The Balaban J connectivity index is 2.46. The maximum absolute atomic E-state index is 5.68. The number of hydrogen-bond donors (Lipinski definition) is 1. The molecule has 2 aromatic rings. The van der Waals surface area contributed by atoms with Gasteiger partial charge in [-0.3, -0.25) is 0 Å². The molecular weight excluding hydrogens is 204 g/mol. The van der Waals surface area contributed by atoms with E-state index in [0.29, 0.717) is 17.0 Å². The molecule has 2 rings (SSSR count). The normalized spacial score (nSPS) is 13.6. The smallest absolute Gasteiger partial charge is 0.181 e. The number of nitrogen functional groups attached to an aromatic ring is 1. The largest absolute Gasteiger partial charge is 0.375 e. The van der Waals surface area contributed by atoms with Gasteiger partial charge in [-0.05, 0) is 29.5 Å². The monoisotopic (exact) mass is 220 g/mol. The molecule has 0 radical (unpaired) electrons. The van der Waals surface area contributed by atoms with E-state index in [2.05, 4.69) is 44.0 Å². The van der Waals surface area contributed by atoms with Gasteiger partial charge in [-0.2, -0.15) is 0 Å². The number of fused-ring (bicyclic) bond motifs is 1. The Labute approximate surface area is 94.1 Å². The molecule has 0 fully saturated rings. The van der Waals surface area contributed by atoms with Crippen molar-refractivity contribution in [2.24, 2.45) is 5.92 Å². The lowest BCUT2D eigenvalue weighted by Crippen LogP contribution is -2.01. The molecule has 1 aromatic heterocycles. The summed E-state index contributed by atoms with van der Waals surface area (Å²) in [5.74, 6) is 1.24. The topological polar surface area (TPSA) is 38.9 Å². The zero-order valence-corrected chi connectivity index (χ0v) is 10.1. The van der Waals surface area contributed by atoms with Crippen molar-refractivity contribution in [2.75, 3.05) is 5.73 Å². The molecule has 0 bridgehead atoms. The molecule has 0 saturated carbocycles. The summed E-state index contributed by atoms with van der Waals surface area (Å²) < 4.78 is 1.19.